The summed E-state index contributed by atoms with van der Waals surface area (Å²) in [5.41, 5.74) is 1.34. The SMILES string of the molecule is CC(=O)c1cccc(NC(=O)Nc2ccc3ncn(CC(=O)NCCn4ccnc4)c(=O)c3c2)c1. The Hall–Kier alpha value is -4.80. The van der Waals surface area contributed by atoms with Crippen LogP contribution >= 0.6 is 0 Å². The Labute approximate surface area is 199 Å². The fourth-order valence-electron chi connectivity index (χ4n) is 3.41. The zero-order chi connectivity index (χ0) is 24.8. The third-order valence-corrected chi connectivity index (χ3v) is 5.17. The number of imidazole rings is 1. The zero-order valence-electron chi connectivity index (χ0n) is 18.9. The molecule has 0 aliphatic rings. The Bertz CT molecular complexity index is 1440. The van der Waals surface area contributed by atoms with E-state index in [9.17, 15) is 19.2 Å². The predicted octanol–water partition coefficient (Wildman–Crippen LogP) is 2.26. The molecule has 2 aromatic carbocycles. The monoisotopic (exact) mass is 473 g/mol. The molecule has 0 spiro atoms. The molecule has 0 aliphatic heterocycles. The minimum atomic E-state index is -0.536. The van der Waals surface area contributed by atoms with Gasteiger partial charge in [0.15, 0.2) is 5.78 Å². The number of anilines is 2. The standard InChI is InChI=1S/C24H23N7O4/c1-16(32)17-3-2-4-18(11-17)28-24(35)29-19-5-6-21-20(12-19)23(34)31(15-27-21)13-22(33)26-8-10-30-9-7-25-14-30/h2-7,9,11-12,14-15H,8,10,13H2,1H3,(H,26,33)(H2,28,29,35). The predicted molar refractivity (Wildman–Crippen MR) is 130 cm³/mol. The molecule has 0 atom stereocenters. The van der Waals surface area contributed by atoms with E-state index in [1.807, 2.05) is 4.57 Å². The van der Waals surface area contributed by atoms with E-state index in [4.69, 9.17) is 0 Å². The average Bonchev–Trinajstić information content (AvgIpc) is 3.35. The topological polar surface area (TPSA) is 140 Å². The number of hydrogen-bond acceptors (Lipinski definition) is 6. The van der Waals surface area contributed by atoms with Crippen LogP contribution < -0.4 is 21.5 Å². The number of carbonyl (C=O) groups excluding carboxylic acids is 3. The summed E-state index contributed by atoms with van der Waals surface area (Å²) in [6.45, 7) is 2.22. The molecule has 0 saturated heterocycles. The van der Waals surface area contributed by atoms with E-state index < -0.39 is 11.6 Å². The number of hydrogen-bond donors (Lipinski definition) is 3. The van der Waals surface area contributed by atoms with Crippen LogP contribution in [0, 0.1) is 0 Å². The summed E-state index contributed by atoms with van der Waals surface area (Å²) < 4.78 is 3.04. The van der Waals surface area contributed by atoms with Crippen molar-refractivity contribution >= 4 is 40.0 Å². The summed E-state index contributed by atoms with van der Waals surface area (Å²) >= 11 is 0. The minimum Gasteiger partial charge on any atom is -0.353 e. The second-order valence-corrected chi connectivity index (χ2v) is 7.78. The van der Waals surface area contributed by atoms with Crippen LogP contribution in [0.1, 0.15) is 17.3 Å². The summed E-state index contributed by atoms with van der Waals surface area (Å²) in [5.74, 6) is -0.436. The van der Waals surface area contributed by atoms with Crippen molar-refractivity contribution < 1.29 is 14.4 Å². The van der Waals surface area contributed by atoms with Gasteiger partial charge in [-0.25, -0.2) is 14.8 Å². The van der Waals surface area contributed by atoms with E-state index in [2.05, 4.69) is 25.9 Å². The highest BCUT2D eigenvalue weighted by atomic mass is 16.2. The van der Waals surface area contributed by atoms with E-state index in [-0.39, 0.29) is 23.6 Å². The van der Waals surface area contributed by atoms with Crippen LogP contribution in [0.25, 0.3) is 10.9 Å². The highest BCUT2D eigenvalue weighted by molar-refractivity contribution is 6.02. The van der Waals surface area contributed by atoms with Crippen molar-refractivity contribution in [1.29, 1.82) is 0 Å². The van der Waals surface area contributed by atoms with E-state index in [1.54, 1.807) is 55.1 Å². The zero-order valence-corrected chi connectivity index (χ0v) is 18.9. The van der Waals surface area contributed by atoms with Gasteiger partial charge in [0.05, 0.1) is 23.6 Å². The van der Waals surface area contributed by atoms with Crippen LogP contribution in [-0.2, 0) is 17.9 Å². The Balaban J connectivity index is 1.42. The molecule has 35 heavy (non-hydrogen) atoms. The first-order valence-electron chi connectivity index (χ1n) is 10.8. The molecule has 2 aromatic heterocycles. The number of Topliss-reactive ketones (excluding diaryl/α,β-unsaturated/α-hetero) is 1. The summed E-state index contributed by atoms with van der Waals surface area (Å²) in [6, 6.07) is 10.8. The number of amides is 3. The minimum absolute atomic E-state index is 0.112. The van der Waals surface area contributed by atoms with Crippen molar-refractivity contribution in [2.75, 3.05) is 17.2 Å². The van der Waals surface area contributed by atoms with Gasteiger partial charge in [-0.05, 0) is 37.3 Å². The number of carbonyl (C=O) groups is 3. The molecule has 11 nitrogen and oxygen atoms in total. The van der Waals surface area contributed by atoms with Gasteiger partial charge in [0.25, 0.3) is 5.56 Å². The van der Waals surface area contributed by atoms with Crippen molar-refractivity contribution in [2.24, 2.45) is 0 Å². The van der Waals surface area contributed by atoms with Gasteiger partial charge in [0.2, 0.25) is 5.91 Å². The summed E-state index contributed by atoms with van der Waals surface area (Å²) in [4.78, 5) is 57.3. The van der Waals surface area contributed by atoms with Crippen molar-refractivity contribution in [1.82, 2.24) is 24.4 Å². The second-order valence-electron chi connectivity index (χ2n) is 7.78. The largest absolute Gasteiger partial charge is 0.353 e. The second kappa shape index (κ2) is 10.4. The molecule has 4 aromatic rings. The molecule has 0 saturated carbocycles. The number of benzene rings is 2. The highest BCUT2D eigenvalue weighted by Gasteiger charge is 2.11. The smallest absolute Gasteiger partial charge is 0.323 e. The molecule has 178 valence electrons. The molecule has 0 aliphatic carbocycles. The van der Waals surface area contributed by atoms with Crippen molar-refractivity contribution in [3.8, 4) is 0 Å². The van der Waals surface area contributed by atoms with Gasteiger partial charge in [0, 0.05) is 42.4 Å². The summed E-state index contributed by atoms with van der Waals surface area (Å²) in [7, 11) is 0. The quantitative estimate of drug-likeness (QED) is 0.335. The molecule has 2 heterocycles. The molecule has 0 unspecified atom stereocenters. The van der Waals surface area contributed by atoms with Gasteiger partial charge in [-0.1, -0.05) is 12.1 Å². The normalized spacial score (nSPS) is 10.7. The Morgan fingerprint density at radius 1 is 1.00 bits per heavy atom. The molecule has 3 N–H and O–H groups in total. The number of nitrogens with zero attached hydrogens (tertiary/aromatic N) is 4. The third-order valence-electron chi connectivity index (χ3n) is 5.17. The molecule has 4 rings (SSSR count). The first kappa shape index (κ1) is 23.4. The number of aromatic nitrogens is 4. The molecular formula is C24H23N7O4. The summed E-state index contributed by atoms with van der Waals surface area (Å²) in [6.07, 6.45) is 6.42. The van der Waals surface area contributed by atoms with E-state index >= 15 is 0 Å². The number of fused-ring (bicyclic) bond motifs is 1. The van der Waals surface area contributed by atoms with Crippen LogP contribution in [0.5, 0.6) is 0 Å². The van der Waals surface area contributed by atoms with Gasteiger partial charge in [-0.2, -0.15) is 0 Å². The van der Waals surface area contributed by atoms with Crippen LogP contribution in [0.15, 0.2) is 72.3 Å². The fraction of sp³-hybridized carbons (Fsp3) is 0.167. The van der Waals surface area contributed by atoms with Gasteiger partial charge in [0.1, 0.15) is 6.54 Å². The van der Waals surface area contributed by atoms with Crippen molar-refractivity contribution in [2.45, 2.75) is 20.0 Å². The van der Waals surface area contributed by atoms with Gasteiger partial charge >= 0.3 is 6.03 Å². The molecule has 0 radical (unpaired) electrons. The average molecular weight is 473 g/mol. The number of ketones is 1. The highest BCUT2D eigenvalue weighted by Crippen LogP contribution is 2.16. The van der Waals surface area contributed by atoms with E-state index in [0.29, 0.717) is 35.5 Å². The van der Waals surface area contributed by atoms with Crippen LogP contribution in [0.3, 0.4) is 0 Å². The summed E-state index contributed by atoms with van der Waals surface area (Å²) in [5, 5.41) is 8.33. The van der Waals surface area contributed by atoms with E-state index in [0.717, 1.165) is 0 Å². The fourth-order valence-corrected chi connectivity index (χ4v) is 3.41. The lowest BCUT2D eigenvalue weighted by Gasteiger charge is -2.10. The molecular weight excluding hydrogens is 450 g/mol. The molecule has 3 amide bonds. The van der Waals surface area contributed by atoms with Crippen LogP contribution in [0.2, 0.25) is 0 Å². The lowest BCUT2D eigenvalue weighted by atomic mass is 10.1. The molecule has 0 fully saturated rings. The number of rotatable bonds is 8. The molecule has 0 bridgehead atoms. The number of nitrogens with one attached hydrogen (secondary N) is 3. The van der Waals surface area contributed by atoms with Gasteiger partial charge in [-0.15, -0.1) is 0 Å². The first-order valence-corrected chi connectivity index (χ1v) is 10.8. The number of urea groups is 1. The maximum atomic E-state index is 12.9. The maximum Gasteiger partial charge on any atom is 0.323 e. The third kappa shape index (κ3) is 5.96. The van der Waals surface area contributed by atoms with Crippen LogP contribution in [0.4, 0.5) is 16.2 Å². The maximum absolute atomic E-state index is 12.9. The van der Waals surface area contributed by atoms with E-state index in [1.165, 1.54) is 23.9 Å². The van der Waals surface area contributed by atoms with Crippen molar-refractivity contribution in [3.63, 3.8) is 0 Å². The van der Waals surface area contributed by atoms with Crippen molar-refractivity contribution in [3.05, 3.63) is 83.4 Å². The Morgan fingerprint density at radius 3 is 2.54 bits per heavy atom. The Kier molecular flexibility index (Phi) is 6.96. The Morgan fingerprint density at radius 2 is 1.80 bits per heavy atom. The van der Waals surface area contributed by atoms with Gasteiger partial charge in [-0.3, -0.25) is 19.0 Å². The lowest BCUT2D eigenvalue weighted by molar-refractivity contribution is -0.121. The molecule has 11 heteroatoms. The van der Waals surface area contributed by atoms with Crippen LogP contribution in [-0.4, -0.2) is 43.4 Å². The lowest BCUT2D eigenvalue weighted by Crippen LogP contribution is -2.34. The first-order chi connectivity index (χ1) is 16.9. The van der Waals surface area contributed by atoms with Gasteiger partial charge < -0.3 is 20.5 Å².